The van der Waals surface area contributed by atoms with Crippen LogP contribution in [0.15, 0.2) is 67.3 Å². The molecule has 6 heterocycles. The van der Waals surface area contributed by atoms with Crippen molar-refractivity contribution in [2.75, 3.05) is 31.6 Å². The number of hydrogen-bond donors (Lipinski definition) is 1. The van der Waals surface area contributed by atoms with E-state index in [0.29, 0.717) is 61.7 Å². The molecule has 5 aromatic rings. The molecule has 12 nitrogen and oxygen atoms in total. The fourth-order valence-corrected chi connectivity index (χ4v) is 5.34. The highest BCUT2D eigenvalue weighted by Crippen LogP contribution is 2.35. The molecule has 2 saturated heterocycles. The number of imidazole rings is 2. The first-order chi connectivity index (χ1) is 21.4. The van der Waals surface area contributed by atoms with Crippen molar-refractivity contribution < 1.29 is 27.8 Å². The molecule has 0 unspecified atom stereocenters. The van der Waals surface area contributed by atoms with Crippen molar-refractivity contribution in [2.45, 2.75) is 25.0 Å². The SMILES string of the molecule is O=C(Nc1cn2nc(-c3c(-c4ccc(F)cc4)ncn3C3CCN(C(=O)OC4COC4)CC3)ccc2n1)c1ccnc(F)c1. The van der Waals surface area contributed by atoms with Gasteiger partial charge in [-0.25, -0.2) is 28.7 Å². The van der Waals surface area contributed by atoms with E-state index in [1.807, 2.05) is 4.57 Å². The van der Waals surface area contributed by atoms with Crippen molar-refractivity contribution in [3.05, 3.63) is 84.6 Å². The molecule has 14 heteroatoms. The molecule has 44 heavy (non-hydrogen) atoms. The molecule has 0 radical (unpaired) electrons. The molecule has 0 saturated carbocycles. The molecule has 1 aromatic carbocycles. The maximum absolute atomic E-state index is 13.8. The van der Waals surface area contributed by atoms with Crippen molar-refractivity contribution >= 4 is 23.5 Å². The van der Waals surface area contributed by atoms with Crippen LogP contribution in [0.4, 0.5) is 19.4 Å². The Morgan fingerprint density at radius 3 is 2.52 bits per heavy atom. The molecule has 2 aliphatic heterocycles. The lowest BCUT2D eigenvalue weighted by Gasteiger charge is -2.34. The Kier molecular flexibility index (Phi) is 7.18. The second kappa shape index (κ2) is 11.4. The third kappa shape index (κ3) is 5.46. The summed E-state index contributed by atoms with van der Waals surface area (Å²) in [5.74, 6) is -1.42. The highest BCUT2D eigenvalue weighted by atomic mass is 19.1. The van der Waals surface area contributed by atoms with Crippen LogP contribution in [-0.4, -0.2) is 78.4 Å². The minimum Gasteiger partial charge on any atom is -0.441 e. The van der Waals surface area contributed by atoms with Crippen molar-refractivity contribution in [1.29, 1.82) is 0 Å². The van der Waals surface area contributed by atoms with E-state index in [1.165, 1.54) is 28.9 Å². The number of pyridine rings is 1. The van der Waals surface area contributed by atoms with Crippen LogP contribution < -0.4 is 5.32 Å². The van der Waals surface area contributed by atoms with Gasteiger partial charge in [0, 0.05) is 42.5 Å². The second-order valence-corrected chi connectivity index (χ2v) is 10.6. The van der Waals surface area contributed by atoms with Gasteiger partial charge >= 0.3 is 6.09 Å². The monoisotopic (exact) mass is 600 g/mol. The highest BCUT2D eigenvalue weighted by molar-refractivity contribution is 6.03. The third-order valence-corrected chi connectivity index (χ3v) is 7.70. The minimum atomic E-state index is -0.762. The van der Waals surface area contributed by atoms with E-state index >= 15 is 0 Å². The molecule has 4 aromatic heterocycles. The number of ether oxygens (including phenoxy) is 2. The van der Waals surface area contributed by atoms with Crippen molar-refractivity contribution in [1.82, 2.24) is 34.0 Å². The average Bonchev–Trinajstić information content (AvgIpc) is 3.63. The second-order valence-electron chi connectivity index (χ2n) is 10.6. The lowest BCUT2D eigenvalue weighted by Crippen LogP contribution is -2.45. The number of anilines is 1. The van der Waals surface area contributed by atoms with Gasteiger partial charge in [-0.3, -0.25) is 4.79 Å². The van der Waals surface area contributed by atoms with Gasteiger partial charge in [-0.1, -0.05) is 0 Å². The lowest BCUT2D eigenvalue weighted by atomic mass is 10.0. The Labute approximate surface area is 249 Å². The zero-order valence-corrected chi connectivity index (χ0v) is 23.3. The summed E-state index contributed by atoms with van der Waals surface area (Å²) in [6, 6.07) is 12.1. The maximum atomic E-state index is 13.8. The van der Waals surface area contributed by atoms with Crippen LogP contribution in [0.3, 0.4) is 0 Å². The fraction of sp³-hybridized carbons (Fsp3) is 0.267. The Hall–Kier alpha value is -5.24. The molecule has 0 atom stereocenters. The van der Waals surface area contributed by atoms with Crippen LogP contribution in [0.1, 0.15) is 29.2 Å². The lowest BCUT2D eigenvalue weighted by molar-refractivity contribution is -0.105. The summed E-state index contributed by atoms with van der Waals surface area (Å²) in [5.41, 5.74) is 3.21. The molecular weight excluding hydrogens is 574 g/mol. The first kappa shape index (κ1) is 27.6. The molecule has 2 aliphatic rings. The number of amides is 2. The predicted octanol–water partition coefficient (Wildman–Crippen LogP) is 4.36. The van der Waals surface area contributed by atoms with Crippen molar-refractivity contribution in [2.24, 2.45) is 0 Å². The molecule has 1 N–H and O–H groups in total. The number of likely N-dealkylation sites (tertiary alicyclic amines) is 1. The summed E-state index contributed by atoms with van der Waals surface area (Å²) in [6.45, 7) is 1.89. The van der Waals surface area contributed by atoms with E-state index in [-0.39, 0.29) is 35.4 Å². The zero-order valence-electron chi connectivity index (χ0n) is 23.3. The van der Waals surface area contributed by atoms with E-state index in [2.05, 4.69) is 15.3 Å². The van der Waals surface area contributed by atoms with Gasteiger partial charge in [0.05, 0.1) is 37.1 Å². The van der Waals surface area contributed by atoms with Crippen LogP contribution in [0.5, 0.6) is 0 Å². The number of halogens is 2. The van der Waals surface area contributed by atoms with Gasteiger partial charge < -0.3 is 24.3 Å². The number of piperidine rings is 1. The summed E-state index contributed by atoms with van der Waals surface area (Å²) in [6.07, 6.45) is 5.34. The van der Waals surface area contributed by atoms with Crippen LogP contribution in [0.2, 0.25) is 0 Å². The number of fused-ring (bicyclic) bond motifs is 1. The standard InChI is InChI=1S/C30H26F2N8O4/c31-20-3-1-18(2-4-20)27-28(39(17-34-27)21-8-11-38(12-9-21)30(42)44-22-15-43-16-22)23-5-6-26-35-25(14-40(26)37-23)36-29(41)19-7-10-33-24(32)13-19/h1-7,10,13-14,17,21-22H,8-9,11-12,15-16H2,(H,36,41). The molecule has 224 valence electrons. The number of aromatic nitrogens is 6. The molecule has 7 rings (SSSR count). The van der Waals surface area contributed by atoms with E-state index < -0.39 is 11.9 Å². The number of hydrogen-bond acceptors (Lipinski definition) is 8. The van der Waals surface area contributed by atoms with E-state index in [0.717, 1.165) is 11.8 Å². The van der Waals surface area contributed by atoms with Gasteiger partial charge in [-0.05, 0) is 55.3 Å². The summed E-state index contributed by atoms with van der Waals surface area (Å²) in [5, 5.41) is 7.44. The zero-order chi connectivity index (χ0) is 30.2. The van der Waals surface area contributed by atoms with E-state index in [9.17, 15) is 18.4 Å². The predicted molar refractivity (Wildman–Crippen MR) is 153 cm³/mol. The molecule has 2 amide bonds. The highest BCUT2D eigenvalue weighted by Gasteiger charge is 2.31. The van der Waals surface area contributed by atoms with Crippen LogP contribution in [0.25, 0.3) is 28.3 Å². The molecule has 0 aliphatic carbocycles. The quantitative estimate of drug-likeness (QED) is 0.285. The maximum Gasteiger partial charge on any atom is 0.410 e. The minimum absolute atomic E-state index is 0.0127. The fourth-order valence-electron chi connectivity index (χ4n) is 5.34. The largest absolute Gasteiger partial charge is 0.441 e. The third-order valence-electron chi connectivity index (χ3n) is 7.70. The van der Waals surface area contributed by atoms with Gasteiger partial charge in [0.2, 0.25) is 5.95 Å². The summed E-state index contributed by atoms with van der Waals surface area (Å²) in [4.78, 5) is 39.5. The Balaban J connectivity index is 1.18. The van der Waals surface area contributed by atoms with Gasteiger partial charge in [0.15, 0.2) is 17.6 Å². The van der Waals surface area contributed by atoms with Crippen LogP contribution >= 0.6 is 0 Å². The number of carbonyl (C=O) groups is 2. The summed E-state index contributed by atoms with van der Waals surface area (Å²) < 4.78 is 41.4. The van der Waals surface area contributed by atoms with Crippen LogP contribution in [-0.2, 0) is 9.47 Å². The smallest absolute Gasteiger partial charge is 0.410 e. The number of carbonyl (C=O) groups excluding carboxylic acids is 2. The molecule has 0 spiro atoms. The Bertz CT molecular complexity index is 1850. The van der Waals surface area contributed by atoms with E-state index in [1.54, 1.807) is 41.7 Å². The molecular formula is C30H26F2N8O4. The normalized spacial score (nSPS) is 15.7. The van der Waals surface area contributed by atoms with Gasteiger partial charge in [0.25, 0.3) is 5.91 Å². The molecule has 2 fully saturated rings. The van der Waals surface area contributed by atoms with Gasteiger partial charge in [-0.15, -0.1) is 0 Å². The first-order valence-corrected chi connectivity index (χ1v) is 14.1. The topological polar surface area (TPSA) is 129 Å². The first-order valence-electron chi connectivity index (χ1n) is 14.1. The average molecular weight is 601 g/mol. The van der Waals surface area contributed by atoms with Crippen molar-refractivity contribution in [3.8, 4) is 22.6 Å². The van der Waals surface area contributed by atoms with Gasteiger partial charge in [0.1, 0.15) is 11.5 Å². The number of benzene rings is 1. The summed E-state index contributed by atoms with van der Waals surface area (Å²) >= 11 is 0. The van der Waals surface area contributed by atoms with Crippen LogP contribution in [0, 0.1) is 11.8 Å². The number of nitrogens with zero attached hydrogens (tertiary/aromatic N) is 7. The molecule has 0 bridgehead atoms. The van der Waals surface area contributed by atoms with Gasteiger partial charge in [-0.2, -0.15) is 9.49 Å². The number of rotatable bonds is 6. The summed E-state index contributed by atoms with van der Waals surface area (Å²) in [7, 11) is 0. The Morgan fingerprint density at radius 2 is 1.80 bits per heavy atom. The Morgan fingerprint density at radius 1 is 1.00 bits per heavy atom. The number of nitrogens with one attached hydrogen (secondary N) is 1. The van der Waals surface area contributed by atoms with Crippen molar-refractivity contribution in [3.63, 3.8) is 0 Å². The van der Waals surface area contributed by atoms with E-state index in [4.69, 9.17) is 19.6 Å².